The maximum Gasteiger partial charge on any atom is 0.419 e. The van der Waals surface area contributed by atoms with E-state index in [1.54, 1.807) is 39.7 Å². The largest absolute Gasteiger partial charge is 0.496 e. The first-order chi connectivity index (χ1) is 59.5. The molecule has 0 unspecified atom stereocenters. The molecule has 0 radical (unpaired) electrons. The Morgan fingerprint density at radius 1 is 0.384 bits per heavy atom. The number of ether oxygens (including phenoxy) is 8. The molecule has 0 bridgehead atoms. The molecule has 0 fully saturated rings. The molecule has 4 aliphatic heterocycles. The lowest BCUT2D eigenvalue weighted by atomic mass is 10.1. The number of fused-ring (bicyclic) bond motifs is 4. The van der Waals surface area contributed by atoms with Crippen LogP contribution in [0.15, 0.2) is 114 Å². The van der Waals surface area contributed by atoms with E-state index in [9.17, 15) is 84.1 Å². The zero-order valence-electron chi connectivity index (χ0n) is 68.3. The van der Waals surface area contributed by atoms with Crippen molar-refractivity contribution in [1.82, 2.24) is 53.2 Å². The average molecular weight is 1840 g/mol. The van der Waals surface area contributed by atoms with Gasteiger partial charge in [-0.05, 0) is 128 Å². The molecule has 4 atom stereocenters. The van der Waals surface area contributed by atoms with Gasteiger partial charge in [-0.25, -0.2) is 46.3 Å². The van der Waals surface area contributed by atoms with Crippen molar-refractivity contribution < 1.29 is 122 Å². The maximum absolute atomic E-state index is 13.6. The van der Waals surface area contributed by atoms with E-state index in [-0.39, 0.29) is 69.1 Å². The molecular weight excluding hydrogens is 1750 g/mol. The van der Waals surface area contributed by atoms with Crippen LogP contribution in [0.5, 0.6) is 23.0 Å². The van der Waals surface area contributed by atoms with Gasteiger partial charge in [0.05, 0.1) is 138 Å². The maximum atomic E-state index is 13.6. The number of pyridine rings is 3. The van der Waals surface area contributed by atoms with E-state index in [0.29, 0.717) is 134 Å². The minimum Gasteiger partial charge on any atom is -0.496 e. The molecule has 0 saturated heterocycles. The molecule has 4 aromatic carbocycles. The molecule has 11 heterocycles. The number of aromatic nitrogens is 11. The van der Waals surface area contributed by atoms with Gasteiger partial charge in [0.1, 0.15) is 108 Å². The Morgan fingerprint density at radius 2 is 0.664 bits per heavy atom. The van der Waals surface area contributed by atoms with Crippen molar-refractivity contribution in [1.29, 1.82) is 0 Å². The minimum atomic E-state index is -4.62. The summed E-state index contributed by atoms with van der Waals surface area (Å²) in [5.74, 6) is 0.235. The molecule has 4 aliphatic rings. The first kappa shape index (κ1) is 93.5. The highest BCUT2D eigenvalue weighted by atomic mass is 79.9. The van der Waals surface area contributed by atoms with Crippen molar-refractivity contribution in [3.05, 3.63) is 193 Å². The van der Waals surface area contributed by atoms with Gasteiger partial charge in [-0.2, -0.15) is 52.7 Å². The van der Waals surface area contributed by atoms with Crippen LogP contribution in [0.4, 0.5) is 79.0 Å². The Labute approximate surface area is 713 Å². The zero-order chi connectivity index (χ0) is 90.3. The van der Waals surface area contributed by atoms with Crippen molar-refractivity contribution in [2.75, 3.05) is 81.6 Å². The molecule has 0 amide bonds. The Bertz CT molecular complexity index is 5450. The first-order valence-electron chi connectivity index (χ1n) is 39.1. The summed E-state index contributed by atoms with van der Waals surface area (Å²) in [6.45, 7) is 6.05. The number of alkyl halides is 18. The molecule has 11 aromatic rings. The van der Waals surface area contributed by atoms with Crippen LogP contribution in [0.1, 0.15) is 92.5 Å². The van der Waals surface area contributed by atoms with E-state index in [0.717, 1.165) is 71.8 Å². The van der Waals surface area contributed by atoms with Crippen molar-refractivity contribution in [3.8, 4) is 102 Å². The number of imidazole rings is 4. The summed E-state index contributed by atoms with van der Waals surface area (Å²) in [5, 5.41) is 9.56. The van der Waals surface area contributed by atoms with E-state index in [1.807, 2.05) is 36.6 Å². The minimum absolute atomic E-state index is 0.0588. The molecule has 0 aliphatic carbocycles. The standard InChI is InChI=1S/C24H25F4N3O2.C23H21F6N3O2.C23H23F4N3O3.C16H15BrF4N2O2/c1-4-17-10-16(9-14(2)29-17)22-20-7-8-33-18(12-25)13-31(20)23(30-22)15-5-6-19(24(26,27)28)21(11-15)32-3;1-12-7-14(8-17(30-12)21(25)26)20-18-5-6-34-15(10-24)11-32(18)22(31-20)13-3-4-16(23(27,28)29)19(9-13)33-2;1-13-7-15(8-16(12-31)28-13)21-19-5-6-33-17(10-24)11-30(19)22(29-21)14-3-4-18(23(25,26)27)20(9-14)32-2;1-24-13-6-9(2-3-11(13)16(19,20)21)15-22-14(17)12-4-5-25-10(7-18)8-23(12)15/h5-6,9-11,18H,4,7-8,12-13H2,1-3H3;3-4,7-9,15,21H,5-6,10-11H2,1-2H3;3-4,7-9,17,31H,5-6,10-12H2,1-2H3;2-3,6,10H,4-5,7-8H2,1H3/t18-;15-;17-;10-/m1111/s1. The van der Waals surface area contributed by atoms with Crippen LogP contribution in [0.2, 0.25) is 0 Å². The third kappa shape index (κ3) is 21.2. The summed E-state index contributed by atoms with van der Waals surface area (Å²) >= 11 is 3.37. The number of methoxy groups -OCH3 is 4. The van der Waals surface area contributed by atoms with Crippen LogP contribution in [-0.2, 0) is 109 Å². The lowest BCUT2D eigenvalue weighted by Crippen LogP contribution is -2.21. The highest BCUT2D eigenvalue weighted by molar-refractivity contribution is 9.10. The van der Waals surface area contributed by atoms with Crippen LogP contribution in [0.3, 0.4) is 0 Å². The summed E-state index contributed by atoms with van der Waals surface area (Å²) < 4.78 is 289. The molecule has 0 saturated carbocycles. The Morgan fingerprint density at radius 3 is 0.952 bits per heavy atom. The van der Waals surface area contributed by atoms with Gasteiger partial charge in [0.15, 0.2) is 0 Å². The van der Waals surface area contributed by atoms with Gasteiger partial charge in [0.25, 0.3) is 6.43 Å². The first-order valence-corrected chi connectivity index (χ1v) is 39.9. The number of hydrogen-bond donors (Lipinski definition) is 1. The summed E-state index contributed by atoms with van der Waals surface area (Å²) in [6, 6.07) is 24.5. The highest BCUT2D eigenvalue weighted by Crippen LogP contribution is 2.46. The van der Waals surface area contributed by atoms with E-state index < -0.39 is 116 Å². The fraction of sp³-hybridized carbons (Fsp3) is 0.407. The van der Waals surface area contributed by atoms with Crippen LogP contribution in [-0.4, -0.2) is 164 Å². The van der Waals surface area contributed by atoms with Gasteiger partial charge >= 0.3 is 24.7 Å². The molecule has 670 valence electrons. The Hall–Kier alpha value is -10.6. The van der Waals surface area contributed by atoms with Crippen molar-refractivity contribution in [2.45, 2.75) is 148 Å². The summed E-state index contributed by atoms with van der Waals surface area (Å²) in [4.78, 5) is 31.3. The fourth-order valence-corrected chi connectivity index (χ4v) is 15.8. The normalized spacial score (nSPS) is 16.7. The second kappa shape index (κ2) is 39.5. The fourth-order valence-electron chi connectivity index (χ4n) is 15.2. The number of aliphatic hydroxyl groups is 1. The smallest absolute Gasteiger partial charge is 0.419 e. The van der Waals surface area contributed by atoms with Gasteiger partial charge in [0.2, 0.25) is 0 Å². The third-order valence-electron chi connectivity index (χ3n) is 20.9. The molecule has 15 rings (SSSR count). The number of hydrogen-bond acceptors (Lipinski definition) is 16. The van der Waals surface area contributed by atoms with Crippen LogP contribution < -0.4 is 18.9 Å². The van der Waals surface area contributed by atoms with Gasteiger partial charge in [-0.3, -0.25) is 15.0 Å². The van der Waals surface area contributed by atoms with E-state index >= 15 is 0 Å². The molecule has 125 heavy (non-hydrogen) atoms. The number of aryl methyl sites for hydroxylation is 4. The summed E-state index contributed by atoms with van der Waals surface area (Å²) in [5.41, 5.74) is 7.58. The summed E-state index contributed by atoms with van der Waals surface area (Å²) in [6.07, 6.45) is -21.3. The zero-order valence-corrected chi connectivity index (χ0v) is 69.9. The van der Waals surface area contributed by atoms with Crippen LogP contribution in [0, 0.1) is 20.8 Å². The van der Waals surface area contributed by atoms with Gasteiger partial charge in [0, 0.05) is 104 Å². The quantitative estimate of drug-likeness (QED) is 0.0793. The van der Waals surface area contributed by atoms with Crippen LogP contribution in [0.25, 0.3) is 79.3 Å². The average Bonchev–Trinajstić information content (AvgIpc) is 1.62. The molecule has 7 aromatic heterocycles. The molecule has 39 heteroatoms. The van der Waals surface area contributed by atoms with Crippen molar-refractivity contribution in [3.63, 3.8) is 0 Å². The number of benzene rings is 4. The number of nitrogens with zero attached hydrogens (tertiary/aromatic N) is 11. The molecule has 0 spiro atoms. The van der Waals surface area contributed by atoms with E-state index in [2.05, 4.69) is 40.8 Å². The topological polar surface area (TPSA) is 204 Å². The lowest BCUT2D eigenvalue weighted by Gasteiger charge is -2.16. The Kier molecular flexibility index (Phi) is 29.6. The predicted molar refractivity (Wildman–Crippen MR) is 426 cm³/mol. The van der Waals surface area contributed by atoms with E-state index in [4.69, 9.17) is 47.9 Å². The molecule has 1 N–H and O–H groups in total. The lowest BCUT2D eigenvalue weighted by molar-refractivity contribution is -0.139. The second-order valence-electron chi connectivity index (χ2n) is 29.3. The second-order valence-corrected chi connectivity index (χ2v) is 30.0. The van der Waals surface area contributed by atoms with Gasteiger partial charge in [-0.1, -0.05) is 31.2 Å². The van der Waals surface area contributed by atoms with Crippen molar-refractivity contribution in [2.24, 2.45) is 0 Å². The van der Waals surface area contributed by atoms with Gasteiger partial charge < -0.3 is 61.3 Å². The number of aliphatic hydroxyl groups excluding tert-OH is 1. The number of halogens is 19. The third-order valence-corrected chi connectivity index (χ3v) is 21.5. The molecule has 20 nitrogen and oxygen atoms in total. The monoisotopic (exact) mass is 1840 g/mol. The van der Waals surface area contributed by atoms with Crippen LogP contribution >= 0.6 is 15.9 Å². The predicted octanol–water partition coefficient (Wildman–Crippen LogP) is 19.8. The summed E-state index contributed by atoms with van der Waals surface area (Å²) in [7, 11) is 4.69. The van der Waals surface area contributed by atoms with Crippen molar-refractivity contribution >= 4 is 15.9 Å². The van der Waals surface area contributed by atoms with E-state index in [1.165, 1.54) is 75.9 Å². The van der Waals surface area contributed by atoms with Gasteiger partial charge in [-0.15, -0.1) is 0 Å². The Balaban J connectivity index is 0.000000153. The molecular formula is C86H84BrF18N11O9. The number of rotatable bonds is 18. The highest BCUT2D eigenvalue weighted by Gasteiger charge is 2.40. The SMILES string of the molecule is CCc1cc(-c2nc(-c3ccc(C(F)(F)F)c(OC)c3)n3c2CCO[C@H](CF)C3)cc(C)n1.COc1cc(-c2nc(-c3cc(C)nc(C(F)F)c3)c3n2C[C@@H](CF)OCC3)ccc1C(F)(F)F.COc1cc(-c2nc(-c3cc(C)nc(CO)c3)c3n2C[C@@H](CF)OCC3)ccc1C(F)(F)F.COc1cc(-c2nc(Br)c3n2C[C@@H](CF)OCC3)ccc1C(F)(F)F.